The maximum absolute atomic E-state index is 15.8. The summed E-state index contributed by atoms with van der Waals surface area (Å²) >= 11 is 0. The molecule has 0 aromatic carbocycles. The standard InChI is InChI=1S/C22H28FN7O2/c23-21-17(29-10-4-3-7-20(29)31)12-26-13-18(21)30(28-16-6-2-1-5-15(16)24)19-9-8-14(11-27-19)22(25)32/h8-9,11-13,15-16,28H,1-7,10,24H2,(H2,25,32). The molecular formula is C22H28FN7O2. The molecule has 1 aliphatic carbocycles. The number of nitrogens with one attached hydrogen (secondary N) is 1. The summed E-state index contributed by atoms with van der Waals surface area (Å²) in [6.45, 7) is 0.452. The molecule has 9 nitrogen and oxygen atoms in total. The van der Waals surface area contributed by atoms with Crippen molar-refractivity contribution in [3.63, 3.8) is 0 Å². The first-order chi connectivity index (χ1) is 15.5. The van der Waals surface area contributed by atoms with Crippen LogP contribution < -0.4 is 26.8 Å². The second kappa shape index (κ2) is 9.58. The van der Waals surface area contributed by atoms with Crippen LogP contribution in [0.25, 0.3) is 0 Å². The number of halogens is 1. The van der Waals surface area contributed by atoms with E-state index in [2.05, 4.69) is 15.4 Å². The fourth-order valence-corrected chi connectivity index (χ4v) is 4.24. The van der Waals surface area contributed by atoms with Crippen LogP contribution in [-0.4, -0.2) is 40.4 Å². The largest absolute Gasteiger partial charge is 0.366 e. The summed E-state index contributed by atoms with van der Waals surface area (Å²) in [5, 5.41) is 1.50. The molecule has 2 fully saturated rings. The van der Waals surface area contributed by atoms with Crippen LogP contribution in [0.1, 0.15) is 55.3 Å². The number of nitrogens with zero attached hydrogens (tertiary/aromatic N) is 4. The first kappa shape index (κ1) is 22.1. The van der Waals surface area contributed by atoms with Gasteiger partial charge in [0.15, 0.2) is 5.82 Å². The van der Waals surface area contributed by atoms with Gasteiger partial charge in [0.25, 0.3) is 0 Å². The number of carbonyl (C=O) groups excluding carboxylic acids is 2. The van der Waals surface area contributed by atoms with Crippen molar-refractivity contribution in [1.82, 2.24) is 15.4 Å². The Labute approximate surface area is 186 Å². The summed E-state index contributed by atoms with van der Waals surface area (Å²) in [5.41, 5.74) is 15.5. The number of piperidine rings is 1. The van der Waals surface area contributed by atoms with Gasteiger partial charge in [-0.25, -0.2) is 14.8 Å². The number of hydrogen-bond donors (Lipinski definition) is 3. The number of amides is 2. The second-order valence-electron chi connectivity index (χ2n) is 8.28. The van der Waals surface area contributed by atoms with Crippen LogP contribution in [0.4, 0.5) is 21.6 Å². The molecule has 170 valence electrons. The van der Waals surface area contributed by atoms with Gasteiger partial charge in [-0.05, 0) is 37.8 Å². The number of hydrazine groups is 1. The van der Waals surface area contributed by atoms with Crippen molar-refractivity contribution in [2.45, 2.75) is 57.0 Å². The van der Waals surface area contributed by atoms with E-state index in [1.165, 1.54) is 34.6 Å². The number of pyridine rings is 2. The van der Waals surface area contributed by atoms with Crippen LogP contribution in [0.2, 0.25) is 0 Å². The predicted octanol–water partition coefficient (Wildman–Crippen LogP) is 2.14. The normalized spacial score (nSPS) is 21.4. The molecule has 2 aromatic heterocycles. The van der Waals surface area contributed by atoms with Gasteiger partial charge in [0.1, 0.15) is 17.2 Å². The van der Waals surface area contributed by atoms with Crippen LogP contribution in [0.5, 0.6) is 0 Å². The van der Waals surface area contributed by atoms with E-state index >= 15 is 4.39 Å². The van der Waals surface area contributed by atoms with E-state index in [0.717, 1.165) is 38.5 Å². The predicted molar refractivity (Wildman–Crippen MR) is 119 cm³/mol. The summed E-state index contributed by atoms with van der Waals surface area (Å²) in [7, 11) is 0. The van der Waals surface area contributed by atoms with Crippen molar-refractivity contribution in [3.05, 3.63) is 42.1 Å². The molecule has 1 saturated heterocycles. The van der Waals surface area contributed by atoms with E-state index in [1.54, 1.807) is 6.07 Å². The Bertz CT molecular complexity index is 985. The SMILES string of the molecule is NC(=O)c1ccc(N(NC2CCCCC2N)c2cncc(N3CCCCC3=O)c2F)nc1. The highest BCUT2D eigenvalue weighted by Gasteiger charge is 2.29. The maximum atomic E-state index is 15.8. The summed E-state index contributed by atoms with van der Waals surface area (Å²) in [4.78, 5) is 33.8. The van der Waals surface area contributed by atoms with Gasteiger partial charge in [-0.1, -0.05) is 12.8 Å². The number of primary amides is 1. The number of carbonyl (C=O) groups is 2. The van der Waals surface area contributed by atoms with Gasteiger partial charge in [-0.2, -0.15) is 0 Å². The summed E-state index contributed by atoms with van der Waals surface area (Å²) < 4.78 is 15.8. The van der Waals surface area contributed by atoms with Crippen LogP contribution in [0.15, 0.2) is 30.7 Å². The topological polar surface area (TPSA) is 130 Å². The minimum atomic E-state index is -0.601. The number of hydrogen-bond acceptors (Lipinski definition) is 7. The van der Waals surface area contributed by atoms with E-state index in [0.29, 0.717) is 18.8 Å². The quantitative estimate of drug-likeness (QED) is 0.586. The molecule has 3 heterocycles. The second-order valence-corrected chi connectivity index (χ2v) is 8.28. The highest BCUT2D eigenvalue weighted by Crippen LogP contribution is 2.33. The van der Waals surface area contributed by atoms with Crippen LogP contribution in [0.3, 0.4) is 0 Å². The Kier molecular flexibility index (Phi) is 6.61. The zero-order chi connectivity index (χ0) is 22.7. The first-order valence-corrected chi connectivity index (χ1v) is 11.0. The minimum Gasteiger partial charge on any atom is -0.366 e. The molecular weight excluding hydrogens is 413 g/mol. The highest BCUT2D eigenvalue weighted by molar-refractivity contribution is 5.94. The van der Waals surface area contributed by atoms with E-state index < -0.39 is 11.7 Å². The lowest BCUT2D eigenvalue weighted by Gasteiger charge is -2.36. The molecule has 4 rings (SSSR count). The fourth-order valence-electron chi connectivity index (χ4n) is 4.24. The van der Waals surface area contributed by atoms with Gasteiger partial charge >= 0.3 is 0 Å². The number of rotatable bonds is 6. The monoisotopic (exact) mass is 441 g/mol. The van der Waals surface area contributed by atoms with Crippen molar-refractivity contribution in [2.75, 3.05) is 16.5 Å². The Hall–Kier alpha value is -3.11. The smallest absolute Gasteiger partial charge is 0.250 e. The van der Waals surface area contributed by atoms with Gasteiger partial charge in [-0.15, -0.1) is 0 Å². The molecule has 5 N–H and O–H groups in total. The van der Waals surface area contributed by atoms with E-state index in [-0.39, 0.29) is 34.9 Å². The van der Waals surface area contributed by atoms with E-state index in [1.807, 2.05) is 0 Å². The Morgan fingerprint density at radius 2 is 1.97 bits per heavy atom. The summed E-state index contributed by atoms with van der Waals surface area (Å²) in [6, 6.07) is 2.92. The molecule has 32 heavy (non-hydrogen) atoms. The molecule has 0 bridgehead atoms. The molecule has 2 aliphatic rings. The van der Waals surface area contributed by atoms with Gasteiger partial charge in [0, 0.05) is 31.2 Å². The Morgan fingerprint density at radius 1 is 1.16 bits per heavy atom. The van der Waals surface area contributed by atoms with E-state index in [4.69, 9.17) is 11.5 Å². The first-order valence-electron chi connectivity index (χ1n) is 11.0. The van der Waals surface area contributed by atoms with Gasteiger partial charge in [0.2, 0.25) is 11.8 Å². The fraction of sp³-hybridized carbons (Fsp3) is 0.455. The van der Waals surface area contributed by atoms with Crippen molar-refractivity contribution in [1.29, 1.82) is 0 Å². The third-order valence-electron chi connectivity index (χ3n) is 6.07. The van der Waals surface area contributed by atoms with Crippen LogP contribution in [-0.2, 0) is 4.79 Å². The number of anilines is 3. The molecule has 2 atom stereocenters. The van der Waals surface area contributed by atoms with Crippen LogP contribution >= 0.6 is 0 Å². The van der Waals surface area contributed by atoms with E-state index in [9.17, 15) is 9.59 Å². The van der Waals surface area contributed by atoms with Gasteiger partial charge in [-0.3, -0.25) is 19.6 Å². The third kappa shape index (κ3) is 4.56. The summed E-state index contributed by atoms with van der Waals surface area (Å²) in [6.07, 6.45) is 9.85. The van der Waals surface area contributed by atoms with Gasteiger partial charge in [0.05, 0.1) is 18.0 Å². The summed E-state index contributed by atoms with van der Waals surface area (Å²) in [5.74, 6) is -0.938. The molecule has 0 radical (unpaired) electrons. The van der Waals surface area contributed by atoms with Crippen molar-refractivity contribution >= 4 is 29.0 Å². The molecule has 10 heteroatoms. The van der Waals surface area contributed by atoms with Crippen molar-refractivity contribution in [3.8, 4) is 0 Å². The lowest BCUT2D eigenvalue weighted by Crippen LogP contribution is -2.53. The minimum absolute atomic E-state index is 0.0963. The number of nitrogens with two attached hydrogens (primary N) is 2. The average molecular weight is 442 g/mol. The zero-order valence-electron chi connectivity index (χ0n) is 17.8. The zero-order valence-corrected chi connectivity index (χ0v) is 17.8. The third-order valence-corrected chi connectivity index (χ3v) is 6.07. The van der Waals surface area contributed by atoms with Gasteiger partial charge < -0.3 is 16.4 Å². The van der Waals surface area contributed by atoms with Crippen molar-refractivity contribution in [2.24, 2.45) is 11.5 Å². The Morgan fingerprint density at radius 3 is 2.66 bits per heavy atom. The lowest BCUT2D eigenvalue weighted by molar-refractivity contribution is -0.119. The molecule has 1 aliphatic heterocycles. The Balaban J connectivity index is 1.73. The van der Waals surface area contributed by atoms with Crippen molar-refractivity contribution < 1.29 is 14.0 Å². The lowest BCUT2D eigenvalue weighted by atomic mass is 9.91. The molecule has 2 amide bonds. The number of aromatic nitrogens is 2. The highest BCUT2D eigenvalue weighted by atomic mass is 19.1. The molecule has 0 spiro atoms. The molecule has 1 saturated carbocycles. The maximum Gasteiger partial charge on any atom is 0.250 e. The van der Waals surface area contributed by atoms with Crippen LogP contribution in [0, 0.1) is 5.82 Å². The molecule has 2 aromatic rings. The molecule has 2 unspecified atom stereocenters. The average Bonchev–Trinajstić information content (AvgIpc) is 2.80.